The number of nitrogens with one attached hydrogen (secondary N) is 4. The molecule has 0 aromatic rings. The van der Waals surface area contributed by atoms with Crippen molar-refractivity contribution >= 4 is 35.6 Å². The summed E-state index contributed by atoms with van der Waals surface area (Å²) in [5.74, 6) is -6.33. The van der Waals surface area contributed by atoms with Crippen LogP contribution in [0.15, 0.2) is 0 Å². The third kappa shape index (κ3) is 13.0. The number of aliphatic hydroxyl groups is 1. The molecule has 0 heterocycles. The second-order valence-corrected chi connectivity index (χ2v) is 8.93. The number of aliphatic hydroxyl groups excluding tert-OH is 1. The molecule has 0 bridgehead atoms. The van der Waals surface area contributed by atoms with Crippen LogP contribution in [0.25, 0.3) is 0 Å². The molecule has 0 saturated carbocycles. The Kier molecular flexibility index (Phi) is 15.7. The Balaban J connectivity index is 5.21. The Bertz CT molecular complexity index is 808. The molecule has 0 fully saturated rings. The summed E-state index contributed by atoms with van der Waals surface area (Å²) in [5, 5.41) is 36.8. The first kappa shape index (κ1) is 33.7. The fourth-order valence-electron chi connectivity index (χ4n) is 3.09. The van der Waals surface area contributed by atoms with Crippen molar-refractivity contribution < 1.29 is 44.1 Å². The van der Waals surface area contributed by atoms with Crippen LogP contribution in [0.2, 0.25) is 0 Å². The second kappa shape index (κ2) is 17.2. The predicted molar refractivity (Wildman–Crippen MR) is 131 cm³/mol. The van der Waals surface area contributed by atoms with E-state index in [4.69, 9.17) is 16.6 Å². The van der Waals surface area contributed by atoms with Crippen molar-refractivity contribution in [2.24, 2.45) is 17.4 Å². The minimum Gasteiger partial charge on any atom is -0.481 e. The van der Waals surface area contributed by atoms with E-state index in [2.05, 4.69) is 21.3 Å². The van der Waals surface area contributed by atoms with Crippen LogP contribution in [0, 0.1) is 5.92 Å². The van der Waals surface area contributed by atoms with Gasteiger partial charge in [-0.05, 0) is 38.6 Å². The molecular weight excluding hydrogens is 492 g/mol. The maximum Gasteiger partial charge on any atom is 0.326 e. The van der Waals surface area contributed by atoms with E-state index in [1.54, 1.807) is 13.8 Å². The van der Waals surface area contributed by atoms with E-state index in [-0.39, 0.29) is 6.42 Å². The van der Waals surface area contributed by atoms with Crippen LogP contribution in [0.1, 0.15) is 52.9 Å². The van der Waals surface area contributed by atoms with E-state index in [1.165, 1.54) is 6.92 Å². The normalized spacial score (nSPS) is 15.0. The molecular formula is C22H40N6O9. The quantitative estimate of drug-likeness (QED) is 0.0803. The van der Waals surface area contributed by atoms with E-state index in [0.29, 0.717) is 25.8 Å². The molecule has 15 nitrogen and oxygen atoms in total. The molecule has 15 heteroatoms. The lowest BCUT2D eigenvalue weighted by Gasteiger charge is -2.25. The van der Waals surface area contributed by atoms with E-state index >= 15 is 0 Å². The van der Waals surface area contributed by atoms with E-state index < -0.39 is 84.7 Å². The van der Waals surface area contributed by atoms with Gasteiger partial charge in [-0.3, -0.25) is 24.0 Å². The second-order valence-electron chi connectivity index (χ2n) is 8.93. The van der Waals surface area contributed by atoms with Crippen molar-refractivity contribution in [2.75, 3.05) is 13.2 Å². The summed E-state index contributed by atoms with van der Waals surface area (Å²) in [5.41, 5.74) is 11.2. The Morgan fingerprint density at radius 2 is 1.32 bits per heavy atom. The smallest absolute Gasteiger partial charge is 0.326 e. The summed E-state index contributed by atoms with van der Waals surface area (Å²) in [6, 6.07) is -6.27. The van der Waals surface area contributed by atoms with Gasteiger partial charge in [-0.1, -0.05) is 20.3 Å². The van der Waals surface area contributed by atoms with Gasteiger partial charge in [0.05, 0.1) is 12.6 Å². The minimum absolute atomic E-state index is 0.274. The van der Waals surface area contributed by atoms with Gasteiger partial charge >= 0.3 is 11.9 Å². The molecule has 37 heavy (non-hydrogen) atoms. The van der Waals surface area contributed by atoms with Gasteiger partial charge in [0.25, 0.3) is 0 Å². The van der Waals surface area contributed by atoms with Gasteiger partial charge in [-0.2, -0.15) is 0 Å². The first-order chi connectivity index (χ1) is 17.2. The van der Waals surface area contributed by atoms with E-state index in [1.807, 2.05) is 0 Å². The number of rotatable bonds is 18. The molecule has 4 amide bonds. The molecule has 0 saturated heterocycles. The minimum atomic E-state index is -1.50. The van der Waals surface area contributed by atoms with Gasteiger partial charge in [0.15, 0.2) is 0 Å². The van der Waals surface area contributed by atoms with Crippen LogP contribution in [-0.2, 0) is 28.8 Å². The summed E-state index contributed by atoms with van der Waals surface area (Å²) in [7, 11) is 0. The molecule has 0 spiro atoms. The van der Waals surface area contributed by atoms with E-state index in [9.17, 15) is 39.0 Å². The fourth-order valence-corrected chi connectivity index (χ4v) is 3.09. The van der Waals surface area contributed by atoms with Crippen molar-refractivity contribution in [3.8, 4) is 0 Å². The van der Waals surface area contributed by atoms with Crippen LogP contribution < -0.4 is 32.7 Å². The molecule has 0 rings (SSSR count). The SMILES string of the molecule is CC(C)[C@H](NC(=O)[C@H](CO)NC(=O)[C@H](C)NC(=O)[C@H](CCC(=O)O)NC(=O)[C@@H](N)CCCCN)C(=O)O. The zero-order chi connectivity index (χ0) is 28.7. The number of hydrogen-bond donors (Lipinski definition) is 9. The lowest BCUT2D eigenvalue weighted by atomic mass is 10.0. The number of amides is 4. The maximum absolute atomic E-state index is 12.7. The molecule has 11 N–H and O–H groups in total. The van der Waals surface area contributed by atoms with Crippen molar-refractivity contribution in [2.45, 2.75) is 83.1 Å². The Morgan fingerprint density at radius 3 is 1.81 bits per heavy atom. The topological polar surface area (TPSA) is 263 Å². The Hall–Kier alpha value is -3.30. The standard InChI is InChI=1S/C22H40N6O9/c1-11(2)17(22(36)37)28-21(35)15(10-29)27-18(32)12(3)25-20(34)14(7-8-16(30)31)26-19(33)13(24)6-4-5-9-23/h11-15,17,29H,4-10,23-24H2,1-3H3,(H,25,34)(H,26,33)(H,27,32)(H,28,35)(H,30,31)(H,36,37)/t12-,13-,14-,15-,17-/m0/s1. The number of hydrogen-bond acceptors (Lipinski definition) is 9. The number of carboxylic acids is 2. The number of unbranched alkanes of at least 4 members (excludes halogenated alkanes) is 1. The van der Waals surface area contributed by atoms with E-state index in [0.717, 1.165) is 0 Å². The molecule has 5 atom stereocenters. The van der Waals surface area contributed by atoms with Crippen LogP contribution >= 0.6 is 0 Å². The van der Waals surface area contributed by atoms with Crippen LogP contribution in [-0.4, -0.2) is 94.2 Å². The molecule has 0 radical (unpaired) electrons. The van der Waals surface area contributed by atoms with Crippen molar-refractivity contribution in [1.82, 2.24) is 21.3 Å². The highest BCUT2D eigenvalue weighted by Gasteiger charge is 2.31. The summed E-state index contributed by atoms with van der Waals surface area (Å²) in [6.45, 7) is 3.98. The largest absolute Gasteiger partial charge is 0.481 e. The van der Waals surface area contributed by atoms with Crippen molar-refractivity contribution in [1.29, 1.82) is 0 Å². The van der Waals surface area contributed by atoms with Gasteiger partial charge in [0.1, 0.15) is 24.2 Å². The van der Waals surface area contributed by atoms with Crippen LogP contribution in [0.5, 0.6) is 0 Å². The number of nitrogens with two attached hydrogens (primary N) is 2. The number of aliphatic carboxylic acids is 2. The van der Waals surface area contributed by atoms with Gasteiger partial charge in [-0.15, -0.1) is 0 Å². The molecule has 0 aliphatic rings. The van der Waals surface area contributed by atoms with Crippen molar-refractivity contribution in [3.05, 3.63) is 0 Å². The average Bonchev–Trinajstić information content (AvgIpc) is 2.82. The zero-order valence-electron chi connectivity index (χ0n) is 21.4. The van der Waals surface area contributed by atoms with Crippen molar-refractivity contribution in [3.63, 3.8) is 0 Å². The summed E-state index contributed by atoms with van der Waals surface area (Å²) >= 11 is 0. The fraction of sp³-hybridized carbons (Fsp3) is 0.727. The molecule has 0 unspecified atom stereocenters. The molecule has 0 aliphatic carbocycles. The van der Waals surface area contributed by atoms with Crippen LogP contribution in [0.3, 0.4) is 0 Å². The monoisotopic (exact) mass is 532 g/mol. The molecule has 212 valence electrons. The third-order valence-corrected chi connectivity index (χ3v) is 5.38. The lowest BCUT2D eigenvalue weighted by Crippen LogP contribution is -2.58. The zero-order valence-corrected chi connectivity index (χ0v) is 21.4. The summed E-state index contributed by atoms with van der Waals surface area (Å²) in [4.78, 5) is 72.3. The van der Waals surface area contributed by atoms with Gasteiger partial charge < -0.3 is 48.1 Å². The third-order valence-electron chi connectivity index (χ3n) is 5.38. The first-order valence-electron chi connectivity index (χ1n) is 12.0. The summed E-state index contributed by atoms with van der Waals surface area (Å²) in [6.07, 6.45) is 0.814. The number of carbonyl (C=O) groups is 6. The van der Waals surface area contributed by atoms with Gasteiger partial charge in [-0.25, -0.2) is 4.79 Å². The molecule has 0 aromatic heterocycles. The summed E-state index contributed by atoms with van der Waals surface area (Å²) < 4.78 is 0. The van der Waals surface area contributed by atoms with Gasteiger partial charge in [0, 0.05) is 6.42 Å². The molecule has 0 aromatic carbocycles. The van der Waals surface area contributed by atoms with Gasteiger partial charge in [0.2, 0.25) is 23.6 Å². The highest BCUT2D eigenvalue weighted by atomic mass is 16.4. The molecule has 0 aliphatic heterocycles. The number of carbonyl (C=O) groups excluding carboxylic acids is 4. The average molecular weight is 533 g/mol. The Labute approximate surface area is 215 Å². The highest BCUT2D eigenvalue weighted by Crippen LogP contribution is 2.04. The van der Waals surface area contributed by atoms with Crippen LogP contribution in [0.4, 0.5) is 0 Å². The first-order valence-corrected chi connectivity index (χ1v) is 12.0. The maximum atomic E-state index is 12.7. The lowest BCUT2D eigenvalue weighted by molar-refractivity contribution is -0.144. The predicted octanol–water partition coefficient (Wildman–Crippen LogP) is -3.00. The Morgan fingerprint density at radius 1 is 0.757 bits per heavy atom. The number of carboxylic acid groups (broad SMARTS) is 2. The highest BCUT2D eigenvalue weighted by molar-refractivity contribution is 5.95.